The smallest absolute Gasteiger partial charge is 0.346 e. The van der Waals surface area contributed by atoms with Gasteiger partial charge in [-0.25, -0.2) is 9.18 Å². The van der Waals surface area contributed by atoms with Gasteiger partial charge in [-0.15, -0.1) is 0 Å². The Labute approximate surface area is 123 Å². The molecule has 0 atom stereocenters. The summed E-state index contributed by atoms with van der Waals surface area (Å²) in [5, 5.41) is 2.47. The SMILES string of the molecule is O=C(Nc1cccc(F)c1)c1cc(-c2ccco2)[nH]c(=O)n1. The third-order valence-electron chi connectivity index (χ3n) is 2.85. The molecule has 0 bridgehead atoms. The summed E-state index contributed by atoms with van der Waals surface area (Å²) in [6.45, 7) is 0. The minimum Gasteiger partial charge on any atom is -0.463 e. The average Bonchev–Trinajstić information content (AvgIpc) is 3.01. The molecular weight excluding hydrogens is 289 g/mol. The van der Waals surface area contributed by atoms with Gasteiger partial charge in [-0.1, -0.05) is 6.07 Å². The van der Waals surface area contributed by atoms with Crippen molar-refractivity contribution < 1.29 is 13.6 Å². The Morgan fingerprint density at radius 1 is 1.23 bits per heavy atom. The molecule has 2 N–H and O–H groups in total. The molecule has 1 aromatic carbocycles. The highest BCUT2D eigenvalue weighted by Gasteiger charge is 2.12. The number of hydrogen-bond donors (Lipinski definition) is 2. The molecule has 0 radical (unpaired) electrons. The lowest BCUT2D eigenvalue weighted by Crippen LogP contribution is -2.21. The first-order valence-electron chi connectivity index (χ1n) is 6.34. The summed E-state index contributed by atoms with van der Waals surface area (Å²) in [7, 11) is 0. The average molecular weight is 299 g/mol. The van der Waals surface area contributed by atoms with Crippen LogP contribution in [0.3, 0.4) is 0 Å². The monoisotopic (exact) mass is 299 g/mol. The lowest BCUT2D eigenvalue weighted by atomic mass is 10.2. The Bertz CT molecular complexity index is 872. The number of rotatable bonds is 3. The number of halogens is 1. The van der Waals surface area contributed by atoms with Crippen molar-refractivity contribution in [2.45, 2.75) is 0 Å². The van der Waals surface area contributed by atoms with Crippen LogP contribution in [0.5, 0.6) is 0 Å². The van der Waals surface area contributed by atoms with E-state index in [0.29, 0.717) is 11.5 Å². The summed E-state index contributed by atoms with van der Waals surface area (Å²) >= 11 is 0. The number of hydrogen-bond acceptors (Lipinski definition) is 4. The highest BCUT2D eigenvalue weighted by molar-refractivity contribution is 6.03. The molecule has 0 aliphatic carbocycles. The molecule has 22 heavy (non-hydrogen) atoms. The van der Waals surface area contributed by atoms with Crippen molar-refractivity contribution in [3.05, 3.63) is 70.7 Å². The van der Waals surface area contributed by atoms with E-state index in [4.69, 9.17) is 4.42 Å². The Morgan fingerprint density at radius 2 is 2.09 bits per heavy atom. The number of nitrogens with zero attached hydrogens (tertiary/aromatic N) is 1. The molecule has 3 rings (SSSR count). The number of carbonyl (C=O) groups is 1. The van der Waals surface area contributed by atoms with E-state index >= 15 is 0 Å². The third kappa shape index (κ3) is 2.93. The lowest BCUT2D eigenvalue weighted by Gasteiger charge is -2.05. The number of H-pyrrole nitrogens is 1. The van der Waals surface area contributed by atoms with Crippen LogP contribution in [0.15, 0.2) is 57.9 Å². The second-order valence-corrected chi connectivity index (χ2v) is 4.43. The standard InChI is InChI=1S/C15H10FN3O3/c16-9-3-1-4-10(7-9)17-14(20)12-8-11(18-15(21)19-12)13-5-2-6-22-13/h1-8H,(H,17,20)(H,18,19,21). The second-order valence-electron chi connectivity index (χ2n) is 4.43. The molecule has 6 nitrogen and oxygen atoms in total. The molecule has 2 aromatic heterocycles. The number of anilines is 1. The topological polar surface area (TPSA) is 88.0 Å². The molecule has 1 amide bonds. The first-order chi connectivity index (χ1) is 10.6. The van der Waals surface area contributed by atoms with Crippen LogP contribution in [-0.2, 0) is 0 Å². The minimum absolute atomic E-state index is 0.0978. The van der Waals surface area contributed by atoms with Crippen LogP contribution >= 0.6 is 0 Å². The van der Waals surface area contributed by atoms with Crippen LogP contribution in [-0.4, -0.2) is 15.9 Å². The number of benzene rings is 1. The third-order valence-corrected chi connectivity index (χ3v) is 2.85. The van der Waals surface area contributed by atoms with Gasteiger partial charge in [0.1, 0.15) is 17.3 Å². The van der Waals surface area contributed by atoms with E-state index in [1.807, 2.05) is 0 Å². The molecular formula is C15H10FN3O3. The normalized spacial score (nSPS) is 10.4. The lowest BCUT2D eigenvalue weighted by molar-refractivity contribution is 0.102. The number of aromatic nitrogens is 2. The fourth-order valence-corrected chi connectivity index (χ4v) is 1.90. The van der Waals surface area contributed by atoms with Gasteiger partial charge in [0.15, 0.2) is 0 Å². The van der Waals surface area contributed by atoms with Crippen molar-refractivity contribution in [2.24, 2.45) is 0 Å². The Kier molecular flexibility index (Phi) is 3.53. The molecule has 0 spiro atoms. The molecule has 0 saturated carbocycles. The van der Waals surface area contributed by atoms with E-state index in [0.717, 1.165) is 0 Å². The van der Waals surface area contributed by atoms with Crippen LogP contribution in [0.2, 0.25) is 0 Å². The minimum atomic E-state index is -0.682. The van der Waals surface area contributed by atoms with Crippen molar-refractivity contribution in [1.82, 2.24) is 9.97 Å². The van der Waals surface area contributed by atoms with Crippen molar-refractivity contribution in [3.8, 4) is 11.5 Å². The number of amides is 1. The van der Waals surface area contributed by atoms with E-state index in [1.165, 1.54) is 36.6 Å². The number of nitrogens with one attached hydrogen (secondary N) is 2. The molecule has 0 fully saturated rings. The summed E-state index contributed by atoms with van der Waals surface area (Å²) in [6.07, 6.45) is 1.45. The van der Waals surface area contributed by atoms with Crippen LogP contribution in [0, 0.1) is 5.82 Å². The van der Waals surface area contributed by atoms with Crippen LogP contribution in [0.1, 0.15) is 10.5 Å². The summed E-state index contributed by atoms with van der Waals surface area (Å²) < 4.78 is 18.3. The number of carbonyl (C=O) groups excluding carboxylic acids is 1. The maximum atomic E-state index is 13.1. The van der Waals surface area contributed by atoms with Crippen molar-refractivity contribution in [1.29, 1.82) is 0 Å². The maximum Gasteiger partial charge on any atom is 0.346 e. The quantitative estimate of drug-likeness (QED) is 0.777. The zero-order valence-electron chi connectivity index (χ0n) is 11.2. The number of furan rings is 1. The highest BCUT2D eigenvalue weighted by Crippen LogP contribution is 2.17. The maximum absolute atomic E-state index is 13.1. The van der Waals surface area contributed by atoms with Gasteiger partial charge >= 0.3 is 5.69 Å². The molecule has 0 unspecified atom stereocenters. The molecule has 2 heterocycles. The zero-order chi connectivity index (χ0) is 15.5. The van der Waals surface area contributed by atoms with Crippen LogP contribution in [0.25, 0.3) is 11.5 Å². The van der Waals surface area contributed by atoms with Gasteiger partial charge in [-0.3, -0.25) is 4.79 Å². The largest absolute Gasteiger partial charge is 0.463 e. The van der Waals surface area contributed by atoms with Gasteiger partial charge in [0, 0.05) is 5.69 Å². The van der Waals surface area contributed by atoms with E-state index < -0.39 is 17.4 Å². The predicted octanol–water partition coefficient (Wildman–Crippen LogP) is 2.42. The molecule has 0 saturated heterocycles. The number of aromatic amines is 1. The molecule has 0 aliphatic heterocycles. The second kappa shape index (κ2) is 5.65. The molecule has 3 aromatic rings. The van der Waals surface area contributed by atoms with Crippen LogP contribution in [0.4, 0.5) is 10.1 Å². The predicted molar refractivity (Wildman–Crippen MR) is 76.9 cm³/mol. The Morgan fingerprint density at radius 3 is 2.82 bits per heavy atom. The van der Waals surface area contributed by atoms with Gasteiger partial charge in [0.25, 0.3) is 5.91 Å². The Hall–Kier alpha value is -3.22. The first-order valence-corrected chi connectivity index (χ1v) is 6.34. The van der Waals surface area contributed by atoms with Gasteiger partial charge in [-0.2, -0.15) is 4.98 Å². The van der Waals surface area contributed by atoms with E-state index in [-0.39, 0.29) is 11.4 Å². The van der Waals surface area contributed by atoms with Crippen molar-refractivity contribution in [3.63, 3.8) is 0 Å². The summed E-state index contributed by atoms with van der Waals surface area (Å²) in [5.74, 6) is -0.697. The van der Waals surface area contributed by atoms with Crippen molar-refractivity contribution >= 4 is 11.6 Å². The fourth-order valence-electron chi connectivity index (χ4n) is 1.90. The van der Waals surface area contributed by atoms with E-state index in [1.54, 1.807) is 12.1 Å². The zero-order valence-corrected chi connectivity index (χ0v) is 11.2. The van der Waals surface area contributed by atoms with Crippen molar-refractivity contribution in [2.75, 3.05) is 5.32 Å². The Balaban J connectivity index is 1.91. The molecule has 7 heteroatoms. The van der Waals surface area contributed by atoms with Gasteiger partial charge in [-0.05, 0) is 36.4 Å². The molecule has 110 valence electrons. The summed E-state index contributed by atoms with van der Waals surface area (Å²) in [6, 6.07) is 10.1. The fraction of sp³-hybridized carbons (Fsp3) is 0. The van der Waals surface area contributed by atoms with Crippen LogP contribution < -0.4 is 11.0 Å². The highest BCUT2D eigenvalue weighted by atomic mass is 19.1. The molecule has 0 aliphatic rings. The summed E-state index contributed by atoms with van der Waals surface area (Å²) in [4.78, 5) is 29.8. The summed E-state index contributed by atoms with van der Waals surface area (Å²) in [5.41, 5.74) is -0.182. The van der Waals surface area contributed by atoms with E-state index in [9.17, 15) is 14.0 Å². The van der Waals surface area contributed by atoms with Gasteiger partial charge < -0.3 is 14.7 Å². The van der Waals surface area contributed by atoms with Gasteiger partial charge in [0.2, 0.25) is 0 Å². The first kappa shape index (κ1) is 13.7. The van der Waals surface area contributed by atoms with E-state index in [2.05, 4.69) is 15.3 Å². The van der Waals surface area contributed by atoms with Gasteiger partial charge in [0.05, 0.1) is 12.0 Å².